The minimum absolute atomic E-state index is 0.0995. The van der Waals surface area contributed by atoms with Gasteiger partial charge < -0.3 is 19.9 Å². The summed E-state index contributed by atoms with van der Waals surface area (Å²) in [6.45, 7) is 5.50. The maximum Gasteiger partial charge on any atom is 0.122 e. The zero-order valence-corrected chi connectivity index (χ0v) is 11.4. The Kier molecular flexibility index (Phi) is 5.95. The van der Waals surface area contributed by atoms with Crippen molar-refractivity contribution in [3.8, 4) is 11.5 Å². The summed E-state index contributed by atoms with van der Waals surface area (Å²) >= 11 is 0. The van der Waals surface area contributed by atoms with Gasteiger partial charge in [-0.05, 0) is 25.6 Å². The minimum Gasteiger partial charge on any atom is -0.497 e. The van der Waals surface area contributed by atoms with Crippen molar-refractivity contribution in [2.75, 3.05) is 26.9 Å². The topological polar surface area (TPSA) is 50.7 Å². The van der Waals surface area contributed by atoms with Crippen LogP contribution in [0.25, 0.3) is 0 Å². The zero-order chi connectivity index (χ0) is 13.4. The second-order valence-electron chi connectivity index (χ2n) is 4.53. The van der Waals surface area contributed by atoms with Gasteiger partial charge >= 0.3 is 0 Å². The molecule has 0 aliphatic heterocycles. The highest BCUT2D eigenvalue weighted by Gasteiger charge is 2.21. The lowest BCUT2D eigenvalue weighted by Crippen LogP contribution is -2.46. The fraction of sp³-hybridized carbons (Fsp3) is 0.571. The minimum atomic E-state index is -0.284. The first kappa shape index (κ1) is 14.8. The lowest BCUT2D eigenvalue weighted by molar-refractivity contribution is 0.145. The number of hydrogen-bond acceptors (Lipinski definition) is 4. The molecule has 0 heterocycles. The fourth-order valence-corrected chi connectivity index (χ4v) is 1.74. The first-order chi connectivity index (χ1) is 8.63. The zero-order valence-electron chi connectivity index (χ0n) is 11.4. The lowest BCUT2D eigenvalue weighted by atomic mass is 10.00. The average molecular weight is 253 g/mol. The van der Waals surface area contributed by atoms with Gasteiger partial charge in [-0.2, -0.15) is 0 Å². The molecular weight excluding hydrogens is 230 g/mol. The Hall–Kier alpha value is -1.26. The van der Waals surface area contributed by atoms with Crippen LogP contribution in [0.15, 0.2) is 24.3 Å². The van der Waals surface area contributed by atoms with E-state index >= 15 is 0 Å². The Morgan fingerprint density at radius 2 is 2.06 bits per heavy atom. The number of nitrogens with one attached hydrogen (secondary N) is 1. The molecule has 0 saturated heterocycles. The summed E-state index contributed by atoms with van der Waals surface area (Å²) in [6, 6.07) is 7.52. The largest absolute Gasteiger partial charge is 0.497 e. The molecule has 0 fully saturated rings. The molecule has 0 bridgehead atoms. The third kappa shape index (κ3) is 4.55. The molecule has 1 atom stereocenters. The average Bonchev–Trinajstić information content (AvgIpc) is 2.39. The van der Waals surface area contributed by atoms with Crippen molar-refractivity contribution in [2.45, 2.75) is 25.8 Å². The van der Waals surface area contributed by atoms with Crippen LogP contribution in [0.2, 0.25) is 0 Å². The highest BCUT2D eigenvalue weighted by molar-refractivity contribution is 5.32. The molecular formula is C14H23NO3. The molecule has 4 nitrogen and oxygen atoms in total. The second kappa shape index (κ2) is 7.24. The number of aliphatic hydroxyl groups is 1. The molecule has 1 aromatic rings. The standard InChI is InChI=1S/C14H23NO3/c1-4-15-14(2,11-16)8-9-18-13-7-5-6-12(10-13)17-3/h5-7,10,15-16H,4,8-9,11H2,1-3H3. The van der Waals surface area contributed by atoms with Crippen LogP contribution in [-0.4, -0.2) is 37.5 Å². The van der Waals surface area contributed by atoms with Gasteiger partial charge in [-0.15, -0.1) is 0 Å². The van der Waals surface area contributed by atoms with Gasteiger partial charge in [0.2, 0.25) is 0 Å². The molecule has 0 aliphatic carbocycles. The first-order valence-corrected chi connectivity index (χ1v) is 6.26. The van der Waals surface area contributed by atoms with E-state index in [-0.39, 0.29) is 12.1 Å². The smallest absolute Gasteiger partial charge is 0.122 e. The number of hydrogen-bond donors (Lipinski definition) is 2. The van der Waals surface area contributed by atoms with Crippen molar-refractivity contribution >= 4 is 0 Å². The van der Waals surface area contributed by atoms with Crippen molar-refractivity contribution in [3.05, 3.63) is 24.3 Å². The van der Waals surface area contributed by atoms with Gasteiger partial charge in [-0.1, -0.05) is 13.0 Å². The predicted molar refractivity (Wildman–Crippen MR) is 72.3 cm³/mol. The van der Waals surface area contributed by atoms with Crippen molar-refractivity contribution in [1.29, 1.82) is 0 Å². The maximum atomic E-state index is 9.36. The van der Waals surface area contributed by atoms with E-state index in [2.05, 4.69) is 5.32 Å². The van der Waals surface area contributed by atoms with Gasteiger partial charge in [-0.25, -0.2) is 0 Å². The van der Waals surface area contributed by atoms with Gasteiger partial charge in [-0.3, -0.25) is 0 Å². The summed E-state index contributed by atoms with van der Waals surface area (Å²) in [7, 11) is 1.63. The van der Waals surface area contributed by atoms with Crippen LogP contribution in [0.5, 0.6) is 11.5 Å². The molecule has 1 aromatic carbocycles. The Morgan fingerprint density at radius 1 is 1.33 bits per heavy atom. The van der Waals surface area contributed by atoms with Crippen LogP contribution < -0.4 is 14.8 Å². The van der Waals surface area contributed by atoms with Crippen LogP contribution >= 0.6 is 0 Å². The molecule has 102 valence electrons. The van der Waals surface area contributed by atoms with E-state index in [1.807, 2.05) is 38.1 Å². The van der Waals surface area contributed by atoms with E-state index in [4.69, 9.17) is 9.47 Å². The van der Waals surface area contributed by atoms with Gasteiger partial charge in [0.05, 0.1) is 20.3 Å². The molecule has 0 spiro atoms. The van der Waals surface area contributed by atoms with E-state index in [0.717, 1.165) is 24.5 Å². The molecule has 18 heavy (non-hydrogen) atoms. The Labute approximate surface area is 109 Å². The molecule has 0 saturated carbocycles. The van der Waals surface area contributed by atoms with E-state index in [1.165, 1.54) is 0 Å². The number of benzene rings is 1. The van der Waals surface area contributed by atoms with Crippen molar-refractivity contribution < 1.29 is 14.6 Å². The molecule has 0 radical (unpaired) electrons. The highest BCUT2D eigenvalue weighted by Crippen LogP contribution is 2.19. The Balaban J connectivity index is 2.44. The molecule has 1 unspecified atom stereocenters. The van der Waals surface area contributed by atoms with Crippen molar-refractivity contribution in [1.82, 2.24) is 5.32 Å². The third-order valence-electron chi connectivity index (χ3n) is 2.92. The van der Waals surface area contributed by atoms with E-state index in [9.17, 15) is 5.11 Å². The first-order valence-electron chi connectivity index (χ1n) is 6.26. The van der Waals surface area contributed by atoms with Crippen LogP contribution in [0.1, 0.15) is 20.3 Å². The molecule has 1 rings (SSSR count). The van der Waals surface area contributed by atoms with Gasteiger partial charge in [0.15, 0.2) is 0 Å². The SMILES string of the molecule is CCNC(C)(CO)CCOc1cccc(OC)c1. The Morgan fingerprint density at radius 3 is 2.67 bits per heavy atom. The highest BCUT2D eigenvalue weighted by atomic mass is 16.5. The summed E-state index contributed by atoms with van der Waals surface area (Å²) in [6.07, 6.45) is 0.745. The molecule has 2 N–H and O–H groups in total. The van der Waals surface area contributed by atoms with Crippen molar-refractivity contribution in [3.63, 3.8) is 0 Å². The molecule has 0 aromatic heterocycles. The number of rotatable bonds is 8. The normalized spacial score (nSPS) is 14.0. The summed E-state index contributed by atoms with van der Waals surface area (Å²) in [5.41, 5.74) is -0.284. The van der Waals surface area contributed by atoms with Crippen molar-refractivity contribution in [2.24, 2.45) is 0 Å². The molecule has 0 aliphatic rings. The van der Waals surface area contributed by atoms with Gasteiger partial charge in [0.1, 0.15) is 11.5 Å². The fourth-order valence-electron chi connectivity index (χ4n) is 1.74. The van der Waals surface area contributed by atoms with Crippen LogP contribution in [0, 0.1) is 0 Å². The molecule has 0 amide bonds. The third-order valence-corrected chi connectivity index (χ3v) is 2.92. The van der Waals surface area contributed by atoms with Gasteiger partial charge in [0, 0.05) is 18.0 Å². The van der Waals surface area contributed by atoms with Crippen LogP contribution in [0.3, 0.4) is 0 Å². The monoisotopic (exact) mass is 253 g/mol. The quantitative estimate of drug-likeness (QED) is 0.742. The van der Waals surface area contributed by atoms with Gasteiger partial charge in [0.25, 0.3) is 0 Å². The summed E-state index contributed by atoms with van der Waals surface area (Å²) in [5, 5.41) is 12.6. The van der Waals surface area contributed by atoms with Crippen LogP contribution in [-0.2, 0) is 0 Å². The maximum absolute atomic E-state index is 9.36. The Bertz CT molecular complexity index is 357. The summed E-state index contributed by atoms with van der Waals surface area (Å²) in [5.74, 6) is 1.57. The summed E-state index contributed by atoms with van der Waals surface area (Å²) in [4.78, 5) is 0. The predicted octanol–water partition coefficient (Wildman–Crippen LogP) is 1.82. The van der Waals surface area contributed by atoms with E-state index < -0.39 is 0 Å². The number of likely N-dealkylation sites (N-methyl/N-ethyl adjacent to an activating group) is 1. The molecule has 4 heteroatoms. The number of ether oxygens (including phenoxy) is 2. The van der Waals surface area contributed by atoms with E-state index in [0.29, 0.717) is 6.61 Å². The second-order valence-corrected chi connectivity index (χ2v) is 4.53. The number of methoxy groups -OCH3 is 1. The van der Waals surface area contributed by atoms with E-state index in [1.54, 1.807) is 7.11 Å². The number of aliphatic hydroxyl groups excluding tert-OH is 1. The van der Waals surface area contributed by atoms with Crippen LogP contribution in [0.4, 0.5) is 0 Å². The lowest BCUT2D eigenvalue weighted by Gasteiger charge is -2.28. The summed E-state index contributed by atoms with van der Waals surface area (Å²) < 4.78 is 10.8.